The molecule has 1 aromatic carbocycles. The van der Waals surface area contributed by atoms with E-state index in [4.69, 9.17) is 9.84 Å². The van der Waals surface area contributed by atoms with Gasteiger partial charge >= 0.3 is 5.97 Å². The van der Waals surface area contributed by atoms with E-state index in [1.807, 2.05) is 6.92 Å². The SMILES string of the molecule is COc1ccc(C(=O)N2CCC(C(=O)O)CC2C)c(O)c1. The van der Waals surface area contributed by atoms with Gasteiger partial charge in [-0.25, -0.2) is 0 Å². The number of carboxylic acid groups (broad SMARTS) is 1. The summed E-state index contributed by atoms with van der Waals surface area (Å²) in [6.07, 6.45) is 0.861. The van der Waals surface area contributed by atoms with Crippen LogP contribution in [-0.4, -0.2) is 46.7 Å². The van der Waals surface area contributed by atoms with Gasteiger partial charge in [-0.3, -0.25) is 9.59 Å². The fraction of sp³-hybridized carbons (Fsp3) is 0.467. The molecule has 1 heterocycles. The van der Waals surface area contributed by atoms with Crippen molar-refractivity contribution in [1.29, 1.82) is 0 Å². The van der Waals surface area contributed by atoms with Gasteiger partial charge in [0.1, 0.15) is 11.5 Å². The summed E-state index contributed by atoms with van der Waals surface area (Å²) in [5.41, 5.74) is 0.205. The molecule has 0 bridgehead atoms. The Morgan fingerprint density at radius 1 is 1.38 bits per heavy atom. The highest BCUT2D eigenvalue weighted by Crippen LogP contribution is 2.29. The van der Waals surface area contributed by atoms with Gasteiger partial charge in [0.25, 0.3) is 5.91 Å². The number of carbonyl (C=O) groups excluding carboxylic acids is 1. The summed E-state index contributed by atoms with van der Waals surface area (Å²) in [5.74, 6) is -1.17. The van der Waals surface area contributed by atoms with E-state index in [1.165, 1.54) is 19.2 Å². The van der Waals surface area contributed by atoms with Crippen molar-refractivity contribution in [2.45, 2.75) is 25.8 Å². The lowest BCUT2D eigenvalue weighted by molar-refractivity contribution is -0.143. The number of amides is 1. The quantitative estimate of drug-likeness (QED) is 0.886. The van der Waals surface area contributed by atoms with Crippen molar-refractivity contribution in [3.05, 3.63) is 23.8 Å². The fourth-order valence-corrected chi connectivity index (χ4v) is 2.67. The Bertz CT molecular complexity index is 557. The summed E-state index contributed by atoms with van der Waals surface area (Å²) >= 11 is 0. The summed E-state index contributed by atoms with van der Waals surface area (Å²) in [7, 11) is 1.48. The summed E-state index contributed by atoms with van der Waals surface area (Å²) < 4.78 is 4.99. The molecule has 0 aliphatic carbocycles. The maximum absolute atomic E-state index is 12.5. The molecule has 2 rings (SSSR count). The number of hydrogen-bond acceptors (Lipinski definition) is 4. The normalized spacial score (nSPS) is 21.9. The van der Waals surface area contributed by atoms with Crippen LogP contribution in [0.2, 0.25) is 0 Å². The van der Waals surface area contributed by atoms with E-state index in [0.29, 0.717) is 25.1 Å². The molecule has 0 aromatic heterocycles. The lowest BCUT2D eigenvalue weighted by Gasteiger charge is -2.36. The second-order valence-electron chi connectivity index (χ2n) is 5.29. The molecule has 0 radical (unpaired) electrons. The number of piperidine rings is 1. The van der Waals surface area contributed by atoms with Gasteiger partial charge in [0.15, 0.2) is 0 Å². The van der Waals surface area contributed by atoms with E-state index in [-0.39, 0.29) is 23.3 Å². The molecule has 2 unspecified atom stereocenters. The monoisotopic (exact) mass is 293 g/mol. The predicted molar refractivity (Wildman–Crippen MR) is 75.5 cm³/mol. The number of aromatic hydroxyl groups is 1. The van der Waals surface area contributed by atoms with Crippen LogP contribution in [0, 0.1) is 5.92 Å². The van der Waals surface area contributed by atoms with Gasteiger partial charge < -0.3 is 19.8 Å². The van der Waals surface area contributed by atoms with Crippen LogP contribution < -0.4 is 4.74 Å². The number of likely N-dealkylation sites (tertiary alicyclic amines) is 1. The minimum Gasteiger partial charge on any atom is -0.507 e. The first-order valence-corrected chi connectivity index (χ1v) is 6.84. The molecule has 21 heavy (non-hydrogen) atoms. The Balaban J connectivity index is 2.15. The van der Waals surface area contributed by atoms with E-state index >= 15 is 0 Å². The highest BCUT2D eigenvalue weighted by atomic mass is 16.5. The van der Waals surface area contributed by atoms with E-state index in [9.17, 15) is 14.7 Å². The molecule has 114 valence electrons. The van der Waals surface area contributed by atoms with Crippen LogP contribution in [0.15, 0.2) is 18.2 Å². The van der Waals surface area contributed by atoms with Gasteiger partial charge in [0, 0.05) is 18.7 Å². The van der Waals surface area contributed by atoms with Crippen molar-refractivity contribution in [2.75, 3.05) is 13.7 Å². The van der Waals surface area contributed by atoms with Crippen LogP contribution in [0.4, 0.5) is 0 Å². The first kappa shape index (κ1) is 15.2. The van der Waals surface area contributed by atoms with E-state index in [1.54, 1.807) is 11.0 Å². The third-order valence-electron chi connectivity index (χ3n) is 3.92. The van der Waals surface area contributed by atoms with Gasteiger partial charge in [-0.2, -0.15) is 0 Å². The second kappa shape index (κ2) is 6.03. The van der Waals surface area contributed by atoms with Crippen LogP contribution in [0.25, 0.3) is 0 Å². The van der Waals surface area contributed by atoms with Gasteiger partial charge in [-0.1, -0.05) is 0 Å². The molecule has 1 aromatic rings. The molecular weight excluding hydrogens is 274 g/mol. The van der Waals surface area contributed by atoms with Crippen LogP contribution >= 0.6 is 0 Å². The molecular formula is C15H19NO5. The van der Waals surface area contributed by atoms with Crippen molar-refractivity contribution in [3.63, 3.8) is 0 Å². The molecule has 0 spiro atoms. The average Bonchev–Trinajstić information content (AvgIpc) is 2.46. The second-order valence-corrected chi connectivity index (χ2v) is 5.29. The molecule has 0 saturated carbocycles. The molecule has 1 fully saturated rings. The number of carboxylic acids is 1. The van der Waals surface area contributed by atoms with Gasteiger partial charge in [0.05, 0.1) is 18.6 Å². The molecule has 1 aliphatic rings. The van der Waals surface area contributed by atoms with Crippen LogP contribution in [0.3, 0.4) is 0 Å². The van der Waals surface area contributed by atoms with Crippen LogP contribution in [0.5, 0.6) is 11.5 Å². The van der Waals surface area contributed by atoms with E-state index < -0.39 is 11.9 Å². The number of phenolic OH excluding ortho intramolecular Hbond substituents is 1. The number of phenols is 1. The summed E-state index contributed by atoms with van der Waals surface area (Å²) in [6, 6.07) is 4.35. The Kier molecular flexibility index (Phi) is 4.35. The zero-order valence-electron chi connectivity index (χ0n) is 12.1. The number of rotatable bonds is 3. The Labute approximate surface area is 122 Å². The topological polar surface area (TPSA) is 87.1 Å². The molecule has 6 heteroatoms. The minimum absolute atomic E-state index is 0.132. The highest BCUT2D eigenvalue weighted by molar-refractivity contribution is 5.97. The zero-order valence-corrected chi connectivity index (χ0v) is 12.1. The van der Waals surface area contributed by atoms with E-state index in [2.05, 4.69) is 0 Å². The van der Waals surface area contributed by atoms with Gasteiger partial charge in [0.2, 0.25) is 0 Å². The van der Waals surface area contributed by atoms with Crippen molar-refractivity contribution >= 4 is 11.9 Å². The number of hydrogen-bond donors (Lipinski definition) is 2. The van der Waals surface area contributed by atoms with Crippen molar-refractivity contribution in [1.82, 2.24) is 4.90 Å². The predicted octanol–water partition coefficient (Wildman–Crippen LogP) is 1.73. The van der Waals surface area contributed by atoms with Crippen molar-refractivity contribution in [2.24, 2.45) is 5.92 Å². The smallest absolute Gasteiger partial charge is 0.306 e. The minimum atomic E-state index is -0.818. The maximum atomic E-state index is 12.5. The summed E-state index contributed by atoms with van der Waals surface area (Å²) in [5, 5.41) is 19.0. The number of ether oxygens (including phenoxy) is 1. The molecule has 2 N–H and O–H groups in total. The lowest BCUT2D eigenvalue weighted by Crippen LogP contribution is -2.46. The lowest BCUT2D eigenvalue weighted by atomic mass is 9.91. The van der Waals surface area contributed by atoms with Gasteiger partial charge in [-0.15, -0.1) is 0 Å². The molecule has 1 aliphatic heterocycles. The summed E-state index contributed by atoms with van der Waals surface area (Å²) in [6.45, 7) is 2.20. The summed E-state index contributed by atoms with van der Waals surface area (Å²) in [4.78, 5) is 25.1. The number of methoxy groups -OCH3 is 1. The number of carbonyl (C=O) groups is 2. The number of aliphatic carboxylic acids is 1. The fourth-order valence-electron chi connectivity index (χ4n) is 2.67. The Hall–Kier alpha value is -2.24. The Morgan fingerprint density at radius 3 is 2.62 bits per heavy atom. The average molecular weight is 293 g/mol. The molecule has 1 saturated heterocycles. The Morgan fingerprint density at radius 2 is 2.10 bits per heavy atom. The largest absolute Gasteiger partial charge is 0.507 e. The first-order chi connectivity index (χ1) is 9.93. The van der Waals surface area contributed by atoms with Crippen LogP contribution in [0.1, 0.15) is 30.1 Å². The van der Waals surface area contributed by atoms with Gasteiger partial charge in [-0.05, 0) is 31.9 Å². The first-order valence-electron chi connectivity index (χ1n) is 6.84. The zero-order chi connectivity index (χ0) is 15.6. The maximum Gasteiger partial charge on any atom is 0.306 e. The standard InChI is InChI=1S/C15H19NO5/c1-9-7-10(15(19)20)5-6-16(9)14(18)12-4-3-11(21-2)8-13(12)17/h3-4,8-10,17H,5-7H2,1-2H3,(H,19,20). The number of nitrogens with zero attached hydrogens (tertiary/aromatic N) is 1. The molecule has 6 nitrogen and oxygen atoms in total. The third-order valence-corrected chi connectivity index (χ3v) is 3.92. The highest BCUT2D eigenvalue weighted by Gasteiger charge is 2.33. The van der Waals surface area contributed by atoms with E-state index in [0.717, 1.165) is 0 Å². The number of benzene rings is 1. The van der Waals surface area contributed by atoms with Crippen molar-refractivity contribution in [3.8, 4) is 11.5 Å². The van der Waals surface area contributed by atoms with Crippen molar-refractivity contribution < 1.29 is 24.5 Å². The molecule has 2 atom stereocenters. The molecule has 1 amide bonds. The van der Waals surface area contributed by atoms with Crippen LogP contribution in [-0.2, 0) is 4.79 Å². The third kappa shape index (κ3) is 3.09.